The van der Waals surface area contributed by atoms with E-state index in [0.717, 1.165) is 16.8 Å². The second-order valence-corrected chi connectivity index (χ2v) is 8.34. The van der Waals surface area contributed by atoms with Crippen molar-refractivity contribution in [3.63, 3.8) is 0 Å². The van der Waals surface area contributed by atoms with Crippen molar-refractivity contribution in [2.45, 2.75) is 0 Å². The number of halogens is 2. The molecular weight excluding hydrogens is 471 g/mol. The van der Waals surface area contributed by atoms with Gasteiger partial charge in [0, 0.05) is 0 Å². The van der Waals surface area contributed by atoms with Gasteiger partial charge in [0.25, 0.3) is 5.91 Å². The van der Waals surface area contributed by atoms with E-state index in [9.17, 15) is 15.0 Å². The first-order valence-corrected chi connectivity index (χ1v) is 10.2. The van der Waals surface area contributed by atoms with Gasteiger partial charge in [-0.25, -0.2) is 0 Å². The molecule has 0 aliphatic carbocycles. The highest BCUT2D eigenvalue weighted by Crippen LogP contribution is 2.38. The summed E-state index contributed by atoms with van der Waals surface area (Å²) in [5, 5.41) is 25.0. The van der Waals surface area contributed by atoms with Crippen LogP contribution in [0.3, 0.4) is 0 Å². The number of thiocarbonyl (C=S) groups is 1. The Balaban J connectivity index is 1.87. The number of ether oxygens (including phenoxy) is 2. The molecule has 156 valence electrons. The van der Waals surface area contributed by atoms with Gasteiger partial charge in [0.1, 0.15) is 0 Å². The number of carbonyl (C=O) groups is 1. The average Bonchev–Trinajstić information content (AvgIpc) is 2.97. The van der Waals surface area contributed by atoms with Crippen LogP contribution in [0.15, 0.2) is 34.3 Å². The molecule has 0 bridgehead atoms. The molecule has 0 spiro atoms. The number of carbonyl (C=O) groups excluding carboxylic acids is 1. The maximum atomic E-state index is 12.7. The fourth-order valence-electron chi connectivity index (χ4n) is 2.49. The Hall–Kier alpha value is -2.46. The number of phenols is 2. The lowest BCUT2D eigenvalue weighted by atomic mass is 10.2. The molecular formula is C19H14Cl2N2O5S2. The van der Waals surface area contributed by atoms with Crippen LogP contribution < -0.4 is 9.47 Å². The van der Waals surface area contributed by atoms with Crippen LogP contribution in [-0.2, 0) is 4.79 Å². The number of aromatic hydroxyl groups is 2. The number of methoxy groups -OCH3 is 2. The van der Waals surface area contributed by atoms with Gasteiger partial charge in [0.2, 0.25) is 0 Å². The van der Waals surface area contributed by atoms with Crippen molar-refractivity contribution in [3.8, 4) is 23.0 Å². The minimum Gasteiger partial charge on any atom is -0.503 e. The zero-order chi connectivity index (χ0) is 22.0. The Morgan fingerprint density at radius 2 is 1.57 bits per heavy atom. The number of hydrazone groups is 1. The van der Waals surface area contributed by atoms with E-state index in [1.165, 1.54) is 38.6 Å². The highest BCUT2D eigenvalue weighted by atomic mass is 35.5. The summed E-state index contributed by atoms with van der Waals surface area (Å²) in [7, 11) is 2.79. The topological polar surface area (TPSA) is 91.6 Å². The largest absolute Gasteiger partial charge is 0.503 e. The Labute approximate surface area is 191 Å². The van der Waals surface area contributed by atoms with Gasteiger partial charge in [0.15, 0.2) is 27.3 Å². The Kier molecular flexibility index (Phi) is 6.77. The van der Waals surface area contributed by atoms with Crippen molar-refractivity contribution in [1.82, 2.24) is 5.01 Å². The Bertz CT molecular complexity index is 1100. The zero-order valence-corrected chi connectivity index (χ0v) is 18.7. The number of amides is 1. The van der Waals surface area contributed by atoms with E-state index in [4.69, 9.17) is 44.9 Å². The maximum absolute atomic E-state index is 12.7. The van der Waals surface area contributed by atoms with E-state index in [1.807, 2.05) is 0 Å². The van der Waals surface area contributed by atoms with Gasteiger partial charge in [-0.3, -0.25) is 4.79 Å². The smallest absolute Gasteiger partial charge is 0.286 e. The van der Waals surface area contributed by atoms with Crippen molar-refractivity contribution in [1.29, 1.82) is 0 Å². The lowest BCUT2D eigenvalue weighted by molar-refractivity contribution is -0.122. The molecule has 2 aromatic carbocycles. The summed E-state index contributed by atoms with van der Waals surface area (Å²) in [6.07, 6.45) is 2.95. The lowest BCUT2D eigenvalue weighted by Crippen LogP contribution is -2.22. The van der Waals surface area contributed by atoms with E-state index in [2.05, 4.69) is 5.10 Å². The van der Waals surface area contributed by atoms with Gasteiger partial charge < -0.3 is 19.7 Å². The van der Waals surface area contributed by atoms with Crippen LogP contribution in [0, 0.1) is 0 Å². The van der Waals surface area contributed by atoms with Crippen LogP contribution in [0.2, 0.25) is 10.0 Å². The summed E-state index contributed by atoms with van der Waals surface area (Å²) in [6, 6.07) is 6.03. The third kappa shape index (κ3) is 4.49. The molecule has 0 aromatic heterocycles. The van der Waals surface area contributed by atoms with Crippen LogP contribution >= 0.6 is 47.2 Å². The van der Waals surface area contributed by atoms with Crippen molar-refractivity contribution < 1.29 is 24.5 Å². The molecule has 2 aromatic rings. The first-order valence-electron chi connectivity index (χ1n) is 8.20. The molecule has 7 nitrogen and oxygen atoms in total. The second-order valence-electron chi connectivity index (χ2n) is 5.85. The predicted molar refractivity (Wildman–Crippen MR) is 122 cm³/mol. The molecule has 0 unspecified atom stereocenters. The number of nitrogens with zero attached hydrogens (tertiary/aromatic N) is 2. The minimum atomic E-state index is -0.429. The molecule has 3 rings (SSSR count). The van der Waals surface area contributed by atoms with Crippen molar-refractivity contribution in [3.05, 3.63) is 50.3 Å². The standard InChI is InChI=1S/C19H14Cl2N2O5S2/c1-27-13-5-9(3-11(20)16(13)24)7-15-18(26)23(19(29)30-15)22-8-10-4-12(21)17(25)14(6-10)28-2/h3-8,24-25H,1-2H3/b15-7?,22-8+. The van der Waals surface area contributed by atoms with E-state index in [0.29, 0.717) is 16.0 Å². The molecule has 1 aliphatic rings. The monoisotopic (exact) mass is 484 g/mol. The number of hydrogen-bond acceptors (Lipinski definition) is 8. The quantitative estimate of drug-likeness (QED) is 0.362. The van der Waals surface area contributed by atoms with E-state index >= 15 is 0 Å². The molecule has 0 saturated carbocycles. The van der Waals surface area contributed by atoms with Gasteiger partial charge >= 0.3 is 0 Å². The first-order chi connectivity index (χ1) is 14.2. The number of phenolic OH excluding ortho intramolecular Hbond substituents is 2. The van der Waals surface area contributed by atoms with Crippen LogP contribution in [-0.4, -0.2) is 45.9 Å². The third-order valence-electron chi connectivity index (χ3n) is 3.93. The SMILES string of the molecule is COc1cc(C=C2SC(=S)N(/N=C/c3cc(Cl)c(O)c(OC)c3)C2=O)cc(Cl)c1O. The number of rotatable bonds is 5. The molecule has 11 heteroatoms. The van der Waals surface area contributed by atoms with Gasteiger partial charge in [-0.2, -0.15) is 10.1 Å². The highest BCUT2D eigenvalue weighted by molar-refractivity contribution is 8.26. The zero-order valence-electron chi connectivity index (χ0n) is 15.6. The van der Waals surface area contributed by atoms with E-state index in [1.54, 1.807) is 12.1 Å². The molecule has 0 radical (unpaired) electrons. The summed E-state index contributed by atoms with van der Waals surface area (Å²) < 4.78 is 10.3. The number of benzene rings is 2. The fourth-order valence-corrected chi connectivity index (χ4v) is 4.10. The van der Waals surface area contributed by atoms with Crippen molar-refractivity contribution in [2.75, 3.05) is 14.2 Å². The molecule has 1 heterocycles. The van der Waals surface area contributed by atoms with E-state index in [-0.39, 0.29) is 37.4 Å². The van der Waals surface area contributed by atoms with Crippen LogP contribution in [0.25, 0.3) is 6.08 Å². The first kappa shape index (κ1) is 22.2. The molecule has 0 atom stereocenters. The van der Waals surface area contributed by atoms with Gasteiger partial charge in [0.05, 0.1) is 35.4 Å². The van der Waals surface area contributed by atoms with Crippen molar-refractivity contribution in [2.24, 2.45) is 5.10 Å². The maximum Gasteiger partial charge on any atom is 0.286 e. The average molecular weight is 485 g/mol. The van der Waals surface area contributed by atoms with Gasteiger partial charge in [-0.1, -0.05) is 35.0 Å². The minimum absolute atomic E-state index is 0.0826. The van der Waals surface area contributed by atoms with Crippen LogP contribution in [0.1, 0.15) is 11.1 Å². The second kappa shape index (κ2) is 9.13. The molecule has 1 aliphatic heterocycles. The van der Waals surface area contributed by atoms with E-state index < -0.39 is 5.91 Å². The fraction of sp³-hybridized carbons (Fsp3) is 0.105. The van der Waals surface area contributed by atoms with Crippen LogP contribution in [0.5, 0.6) is 23.0 Å². The molecule has 1 saturated heterocycles. The van der Waals surface area contributed by atoms with Gasteiger partial charge in [-0.15, -0.1) is 0 Å². The summed E-state index contributed by atoms with van der Waals surface area (Å²) in [5.74, 6) is -0.446. The van der Waals surface area contributed by atoms with Gasteiger partial charge in [-0.05, 0) is 53.7 Å². The molecule has 2 N–H and O–H groups in total. The normalized spacial score (nSPS) is 15.5. The highest BCUT2D eigenvalue weighted by Gasteiger charge is 2.32. The lowest BCUT2D eigenvalue weighted by Gasteiger charge is -2.08. The third-order valence-corrected chi connectivity index (χ3v) is 5.79. The summed E-state index contributed by atoms with van der Waals surface area (Å²) in [6.45, 7) is 0. The summed E-state index contributed by atoms with van der Waals surface area (Å²) >= 11 is 18.3. The molecule has 30 heavy (non-hydrogen) atoms. The summed E-state index contributed by atoms with van der Waals surface area (Å²) in [4.78, 5) is 13.0. The summed E-state index contributed by atoms with van der Waals surface area (Å²) in [5.41, 5.74) is 1.05. The predicted octanol–water partition coefficient (Wildman–Crippen LogP) is 4.66. The molecule has 1 amide bonds. The number of hydrogen-bond donors (Lipinski definition) is 2. The van der Waals surface area contributed by atoms with Crippen molar-refractivity contribution >= 4 is 69.7 Å². The number of thioether (sulfide) groups is 1. The molecule has 1 fully saturated rings. The Morgan fingerprint density at radius 3 is 2.13 bits per heavy atom. The Morgan fingerprint density at radius 1 is 1.03 bits per heavy atom. The van der Waals surface area contributed by atoms with Crippen LogP contribution in [0.4, 0.5) is 0 Å².